The molecule has 0 saturated heterocycles. The maximum atomic E-state index is 12.8. The van der Waals surface area contributed by atoms with Gasteiger partial charge in [-0.15, -0.1) is 0 Å². The molecule has 3 rings (SSSR count). The lowest BCUT2D eigenvalue weighted by Gasteiger charge is -2.21. The van der Waals surface area contributed by atoms with E-state index < -0.39 is 10.0 Å². The molecule has 1 unspecified atom stereocenters. The van der Waals surface area contributed by atoms with Crippen LogP contribution in [0.15, 0.2) is 24.4 Å². The predicted molar refractivity (Wildman–Crippen MR) is 99.0 cm³/mol. The van der Waals surface area contributed by atoms with Crippen molar-refractivity contribution in [3.05, 3.63) is 35.7 Å². The summed E-state index contributed by atoms with van der Waals surface area (Å²) in [6.07, 6.45) is 5.55. The summed E-state index contributed by atoms with van der Waals surface area (Å²) >= 11 is 0. The third kappa shape index (κ3) is 3.98. The highest BCUT2D eigenvalue weighted by molar-refractivity contribution is 7.92. The van der Waals surface area contributed by atoms with Crippen LogP contribution in [0.5, 0.6) is 5.75 Å². The van der Waals surface area contributed by atoms with Gasteiger partial charge in [0.2, 0.25) is 15.9 Å². The van der Waals surface area contributed by atoms with Crippen LogP contribution in [0.3, 0.4) is 0 Å². The van der Waals surface area contributed by atoms with Gasteiger partial charge in [0, 0.05) is 30.6 Å². The maximum Gasteiger partial charge on any atom is 0.232 e. The molecule has 8 nitrogen and oxygen atoms in total. The van der Waals surface area contributed by atoms with Crippen molar-refractivity contribution in [1.82, 2.24) is 9.78 Å². The number of aromatic nitrogens is 2. The second kappa shape index (κ2) is 6.99. The van der Waals surface area contributed by atoms with Crippen molar-refractivity contribution < 1.29 is 17.9 Å². The van der Waals surface area contributed by atoms with Crippen LogP contribution in [0, 0.1) is 0 Å². The normalized spacial score (nSPS) is 16.7. The van der Waals surface area contributed by atoms with E-state index >= 15 is 0 Å². The summed E-state index contributed by atoms with van der Waals surface area (Å²) in [5, 5.41) is 7.31. The van der Waals surface area contributed by atoms with Gasteiger partial charge in [0.05, 0.1) is 30.7 Å². The molecule has 1 aliphatic rings. The van der Waals surface area contributed by atoms with E-state index in [2.05, 4.69) is 15.1 Å². The molecule has 1 aromatic heterocycles. The average molecular weight is 378 g/mol. The van der Waals surface area contributed by atoms with E-state index in [1.807, 2.05) is 13.2 Å². The van der Waals surface area contributed by atoms with E-state index in [-0.39, 0.29) is 11.8 Å². The molecule has 9 heteroatoms. The summed E-state index contributed by atoms with van der Waals surface area (Å²) in [5.41, 5.74) is 2.81. The number of sulfonamides is 1. The largest absolute Gasteiger partial charge is 0.494 e. The molecule has 2 aromatic rings. The lowest BCUT2D eigenvalue weighted by molar-refractivity contribution is -0.117. The van der Waals surface area contributed by atoms with E-state index in [1.165, 1.54) is 7.11 Å². The Morgan fingerprint density at radius 2 is 2.15 bits per heavy atom. The van der Waals surface area contributed by atoms with E-state index in [1.54, 1.807) is 22.9 Å². The Hall–Kier alpha value is -2.55. The SMILES string of the molecule is COc1cc(NC(=O)C2CCCc3nn(C)cc32)ccc1NS(C)(=O)=O. The standard InChI is InChI=1S/C17H22N4O4S/c1-21-10-13-12(5-4-6-14(13)19-21)17(22)18-11-7-8-15(16(9-11)25-2)20-26(3,23)24/h7-10,12,20H,4-6H2,1-3H3,(H,18,22). The Balaban J connectivity index is 1.80. The highest BCUT2D eigenvalue weighted by Crippen LogP contribution is 2.33. The van der Waals surface area contributed by atoms with Crippen molar-refractivity contribution >= 4 is 27.3 Å². The summed E-state index contributed by atoms with van der Waals surface area (Å²) in [6.45, 7) is 0. The zero-order valence-corrected chi connectivity index (χ0v) is 15.8. The zero-order valence-electron chi connectivity index (χ0n) is 14.9. The first-order chi connectivity index (χ1) is 12.3. The molecule has 0 aliphatic heterocycles. The number of hydrogen-bond acceptors (Lipinski definition) is 5. The lowest BCUT2D eigenvalue weighted by atomic mass is 9.86. The number of fused-ring (bicyclic) bond motifs is 1. The van der Waals surface area contributed by atoms with Gasteiger partial charge >= 0.3 is 0 Å². The molecular weight excluding hydrogens is 356 g/mol. The van der Waals surface area contributed by atoms with Gasteiger partial charge in [-0.25, -0.2) is 8.42 Å². The van der Waals surface area contributed by atoms with Crippen LogP contribution in [-0.4, -0.2) is 37.5 Å². The van der Waals surface area contributed by atoms with E-state index in [0.717, 1.165) is 36.8 Å². The second-order valence-corrected chi connectivity index (χ2v) is 8.18. The lowest BCUT2D eigenvalue weighted by Crippen LogP contribution is -2.24. The third-order valence-corrected chi connectivity index (χ3v) is 4.89. The van der Waals surface area contributed by atoms with Crippen molar-refractivity contribution in [2.75, 3.05) is 23.4 Å². The fraction of sp³-hybridized carbons (Fsp3) is 0.412. The zero-order chi connectivity index (χ0) is 18.9. The minimum atomic E-state index is -3.42. The number of carbonyl (C=O) groups is 1. The number of benzene rings is 1. The number of ether oxygens (including phenoxy) is 1. The van der Waals surface area contributed by atoms with Crippen LogP contribution >= 0.6 is 0 Å². The van der Waals surface area contributed by atoms with Gasteiger partial charge in [0.25, 0.3) is 0 Å². The number of carbonyl (C=O) groups excluding carboxylic acids is 1. The Morgan fingerprint density at radius 1 is 1.38 bits per heavy atom. The fourth-order valence-corrected chi connectivity index (χ4v) is 3.79. The summed E-state index contributed by atoms with van der Waals surface area (Å²) in [5.74, 6) is -0.0176. The minimum absolute atomic E-state index is 0.107. The number of nitrogens with zero attached hydrogens (tertiary/aromatic N) is 2. The number of rotatable bonds is 5. The van der Waals surface area contributed by atoms with Crippen LogP contribution < -0.4 is 14.8 Å². The Kier molecular flexibility index (Phi) is 4.90. The van der Waals surface area contributed by atoms with Gasteiger partial charge in [0.1, 0.15) is 5.75 Å². The molecule has 0 bridgehead atoms. The molecule has 1 aromatic carbocycles. The number of hydrogen-bond donors (Lipinski definition) is 2. The molecule has 0 radical (unpaired) electrons. The van der Waals surface area contributed by atoms with Gasteiger partial charge < -0.3 is 10.1 Å². The first-order valence-corrected chi connectivity index (χ1v) is 10.1. The average Bonchev–Trinajstić information content (AvgIpc) is 2.94. The fourth-order valence-electron chi connectivity index (χ4n) is 3.22. The third-order valence-electron chi connectivity index (χ3n) is 4.30. The number of anilines is 2. The van der Waals surface area contributed by atoms with Crippen LogP contribution in [0.1, 0.15) is 30.0 Å². The number of aryl methyl sites for hydroxylation is 2. The monoisotopic (exact) mass is 378 g/mol. The van der Waals surface area contributed by atoms with Gasteiger partial charge in [0.15, 0.2) is 0 Å². The van der Waals surface area contributed by atoms with Gasteiger partial charge in [-0.1, -0.05) is 0 Å². The first-order valence-electron chi connectivity index (χ1n) is 8.26. The summed E-state index contributed by atoms with van der Waals surface area (Å²) < 4.78 is 32.2. The van der Waals surface area contributed by atoms with Gasteiger partial charge in [-0.3, -0.25) is 14.2 Å². The number of nitrogens with one attached hydrogen (secondary N) is 2. The van der Waals surface area contributed by atoms with Crippen LogP contribution in [0.25, 0.3) is 0 Å². The predicted octanol–water partition coefficient (Wildman–Crippen LogP) is 1.86. The summed E-state index contributed by atoms with van der Waals surface area (Å²) in [7, 11) is -0.126. The molecule has 2 N–H and O–H groups in total. The van der Waals surface area contributed by atoms with Crippen molar-refractivity contribution in [2.24, 2.45) is 7.05 Å². The van der Waals surface area contributed by atoms with Crippen LogP contribution in [-0.2, 0) is 28.3 Å². The van der Waals surface area contributed by atoms with Crippen LogP contribution in [0.2, 0.25) is 0 Å². The molecule has 1 amide bonds. The molecule has 0 fully saturated rings. The molecule has 1 heterocycles. The summed E-state index contributed by atoms with van der Waals surface area (Å²) in [6, 6.07) is 4.80. The van der Waals surface area contributed by atoms with Gasteiger partial charge in [-0.05, 0) is 31.4 Å². The molecule has 140 valence electrons. The quantitative estimate of drug-likeness (QED) is 0.827. The number of amides is 1. The van der Waals surface area contributed by atoms with E-state index in [0.29, 0.717) is 17.1 Å². The van der Waals surface area contributed by atoms with Gasteiger partial charge in [-0.2, -0.15) is 5.10 Å². The van der Waals surface area contributed by atoms with E-state index in [9.17, 15) is 13.2 Å². The smallest absolute Gasteiger partial charge is 0.232 e. The molecule has 26 heavy (non-hydrogen) atoms. The Labute approximate surface area is 152 Å². The van der Waals surface area contributed by atoms with Crippen molar-refractivity contribution in [2.45, 2.75) is 25.2 Å². The minimum Gasteiger partial charge on any atom is -0.494 e. The highest BCUT2D eigenvalue weighted by Gasteiger charge is 2.29. The molecule has 0 spiro atoms. The first kappa shape index (κ1) is 18.2. The summed E-state index contributed by atoms with van der Waals surface area (Å²) in [4.78, 5) is 12.8. The van der Waals surface area contributed by atoms with Crippen molar-refractivity contribution in [1.29, 1.82) is 0 Å². The number of methoxy groups -OCH3 is 1. The second-order valence-electron chi connectivity index (χ2n) is 6.43. The molecule has 1 aliphatic carbocycles. The molecule has 1 atom stereocenters. The van der Waals surface area contributed by atoms with E-state index in [4.69, 9.17) is 4.74 Å². The van der Waals surface area contributed by atoms with Crippen molar-refractivity contribution in [3.63, 3.8) is 0 Å². The molecule has 0 saturated carbocycles. The van der Waals surface area contributed by atoms with Crippen molar-refractivity contribution in [3.8, 4) is 5.75 Å². The Bertz CT molecular complexity index is 936. The Morgan fingerprint density at radius 3 is 2.85 bits per heavy atom. The highest BCUT2D eigenvalue weighted by atomic mass is 32.2. The topological polar surface area (TPSA) is 102 Å². The van der Waals surface area contributed by atoms with Crippen LogP contribution in [0.4, 0.5) is 11.4 Å². The molecular formula is C17H22N4O4S. The maximum absolute atomic E-state index is 12.8.